The zero-order valence-electron chi connectivity index (χ0n) is 18.4. The SMILES string of the molecule is CO[C@@H](C)Cn1c(=O)n(C)c2cnc3ccc(-c4cncc(C(C)(C)O)c4)cc3c21.O. The van der Waals surface area contributed by atoms with Gasteiger partial charge >= 0.3 is 5.69 Å². The van der Waals surface area contributed by atoms with Crippen molar-refractivity contribution >= 4 is 21.9 Å². The fourth-order valence-corrected chi connectivity index (χ4v) is 3.69. The number of hydrogen-bond donors (Lipinski definition) is 1. The predicted octanol–water partition coefficient (Wildman–Crippen LogP) is 2.39. The number of imidazole rings is 1. The van der Waals surface area contributed by atoms with Crippen LogP contribution in [0.4, 0.5) is 0 Å². The third-order valence-electron chi connectivity index (χ3n) is 5.59. The van der Waals surface area contributed by atoms with Crippen LogP contribution in [-0.4, -0.2) is 42.9 Å². The smallest absolute Gasteiger partial charge is 0.328 e. The van der Waals surface area contributed by atoms with E-state index in [-0.39, 0.29) is 17.3 Å². The van der Waals surface area contributed by atoms with Crippen molar-refractivity contribution in [2.45, 2.75) is 39.0 Å². The molecule has 31 heavy (non-hydrogen) atoms. The summed E-state index contributed by atoms with van der Waals surface area (Å²) in [7, 11) is 3.40. The first-order valence-electron chi connectivity index (χ1n) is 9.89. The van der Waals surface area contributed by atoms with Gasteiger partial charge in [-0.05, 0) is 44.5 Å². The van der Waals surface area contributed by atoms with E-state index in [0.717, 1.165) is 38.6 Å². The first kappa shape index (κ1) is 22.6. The lowest BCUT2D eigenvalue weighted by molar-refractivity contribution is 0.0783. The maximum atomic E-state index is 12.9. The van der Waals surface area contributed by atoms with Crippen LogP contribution in [0.2, 0.25) is 0 Å². The molecule has 4 rings (SSSR count). The Labute approximate surface area is 180 Å². The lowest BCUT2D eigenvalue weighted by atomic mass is 9.96. The molecule has 0 amide bonds. The van der Waals surface area contributed by atoms with Gasteiger partial charge < -0.3 is 15.3 Å². The molecule has 0 bridgehead atoms. The molecule has 1 atom stereocenters. The Kier molecular flexibility index (Phi) is 6.00. The van der Waals surface area contributed by atoms with E-state index in [9.17, 15) is 9.90 Å². The number of aryl methyl sites for hydroxylation is 1. The monoisotopic (exact) mass is 424 g/mol. The van der Waals surface area contributed by atoms with Crippen LogP contribution < -0.4 is 5.69 Å². The fourth-order valence-electron chi connectivity index (χ4n) is 3.69. The maximum Gasteiger partial charge on any atom is 0.328 e. The highest BCUT2D eigenvalue weighted by molar-refractivity contribution is 6.04. The van der Waals surface area contributed by atoms with Gasteiger partial charge in [0.25, 0.3) is 0 Å². The Hall–Kier alpha value is -3.07. The lowest BCUT2D eigenvalue weighted by Gasteiger charge is -2.18. The van der Waals surface area contributed by atoms with Crippen LogP contribution >= 0.6 is 0 Å². The van der Waals surface area contributed by atoms with Gasteiger partial charge in [-0.2, -0.15) is 0 Å². The van der Waals surface area contributed by atoms with Crippen LogP contribution in [-0.2, 0) is 23.9 Å². The Morgan fingerprint density at radius 1 is 1.16 bits per heavy atom. The molecule has 0 radical (unpaired) electrons. The number of methoxy groups -OCH3 is 1. The summed E-state index contributed by atoms with van der Waals surface area (Å²) in [6.45, 7) is 5.86. The summed E-state index contributed by atoms with van der Waals surface area (Å²) >= 11 is 0. The second-order valence-electron chi connectivity index (χ2n) is 8.24. The summed E-state index contributed by atoms with van der Waals surface area (Å²) in [6, 6.07) is 7.90. The molecule has 3 aromatic heterocycles. The number of aliphatic hydroxyl groups is 1. The van der Waals surface area contributed by atoms with Crippen molar-refractivity contribution < 1.29 is 15.3 Å². The molecule has 0 saturated carbocycles. The summed E-state index contributed by atoms with van der Waals surface area (Å²) in [4.78, 5) is 21.8. The van der Waals surface area contributed by atoms with Crippen molar-refractivity contribution in [2.75, 3.05) is 7.11 Å². The number of pyridine rings is 2. The summed E-state index contributed by atoms with van der Waals surface area (Å²) in [5.74, 6) is 0. The largest absolute Gasteiger partial charge is 0.412 e. The quantitative estimate of drug-likeness (QED) is 0.528. The molecule has 164 valence electrons. The number of nitrogens with zero attached hydrogens (tertiary/aromatic N) is 4. The van der Waals surface area contributed by atoms with Crippen molar-refractivity contribution in [3.8, 4) is 11.1 Å². The van der Waals surface area contributed by atoms with E-state index >= 15 is 0 Å². The molecule has 8 heteroatoms. The van der Waals surface area contributed by atoms with Gasteiger partial charge in [-0.3, -0.25) is 19.1 Å². The second kappa shape index (κ2) is 8.22. The highest BCUT2D eigenvalue weighted by Gasteiger charge is 2.19. The number of ether oxygens (including phenoxy) is 1. The summed E-state index contributed by atoms with van der Waals surface area (Å²) < 4.78 is 8.77. The van der Waals surface area contributed by atoms with Gasteiger partial charge in [0.1, 0.15) is 0 Å². The summed E-state index contributed by atoms with van der Waals surface area (Å²) in [5.41, 5.74) is 3.91. The molecule has 1 aromatic carbocycles. The average molecular weight is 425 g/mol. The Balaban J connectivity index is 0.00000272. The van der Waals surface area contributed by atoms with E-state index in [1.54, 1.807) is 55.7 Å². The van der Waals surface area contributed by atoms with Crippen LogP contribution in [0, 0.1) is 0 Å². The van der Waals surface area contributed by atoms with Crippen LogP contribution in [0.15, 0.2) is 47.7 Å². The number of fused-ring (bicyclic) bond motifs is 3. The van der Waals surface area contributed by atoms with E-state index in [0.29, 0.717) is 6.54 Å². The highest BCUT2D eigenvalue weighted by Crippen LogP contribution is 2.30. The Bertz CT molecular complexity index is 1300. The third-order valence-corrected chi connectivity index (χ3v) is 5.59. The molecule has 3 heterocycles. The summed E-state index contributed by atoms with van der Waals surface area (Å²) in [6.07, 6.45) is 5.08. The number of aromatic nitrogens is 4. The van der Waals surface area contributed by atoms with Gasteiger partial charge in [-0.25, -0.2) is 4.79 Å². The first-order chi connectivity index (χ1) is 14.2. The van der Waals surface area contributed by atoms with E-state index < -0.39 is 5.60 Å². The van der Waals surface area contributed by atoms with E-state index in [4.69, 9.17) is 4.74 Å². The minimum Gasteiger partial charge on any atom is -0.412 e. The van der Waals surface area contributed by atoms with Gasteiger partial charge in [-0.1, -0.05) is 6.07 Å². The van der Waals surface area contributed by atoms with Crippen molar-refractivity contribution in [2.24, 2.45) is 7.05 Å². The molecule has 0 aliphatic carbocycles. The molecule has 0 aliphatic rings. The minimum absolute atomic E-state index is 0. The van der Waals surface area contributed by atoms with Gasteiger partial charge in [0.2, 0.25) is 0 Å². The zero-order chi connectivity index (χ0) is 21.6. The number of rotatable bonds is 5. The van der Waals surface area contributed by atoms with Crippen molar-refractivity contribution in [1.82, 2.24) is 19.1 Å². The maximum absolute atomic E-state index is 12.9. The normalized spacial score (nSPS) is 12.8. The highest BCUT2D eigenvalue weighted by atomic mass is 16.5. The van der Waals surface area contributed by atoms with Gasteiger partial charge in [0.15, 0.2) is 0 Å². The van der Waals surface area contributed by atoms with Gasteiger partial charge in [0.05, 0.1) is 41.0 Å². The molecule has 0 saturated heterocycles. The molecule has 0 aliphatic heterocycles. The van der Waals surface area contributed by atoms with Crippen molar-refractivity contribution in [3.63, 3.8) is 0 Å². The topological polar surface area (TPSA) is 114 Å². The Morgan fingerprint density at radius 3 is 2.58 bits per heavy atom. The van der Waals surface area contributed by atoms with Gasteiger partial charge in [0, 0.05) is 43.1 Å². The molecule has 8 nitrogen and oxygen atoms in total. The molecular weight excluding hydrogens is 396 g/mol. The van der Waals surface area contributed by atoms with E-state index in [2.05, 4.69) is 9.97 Å². The van der Waals surface area contributed by atoms with Crippen LogP contribution in [0.5, 0.6) is 0 Å². The molecular formula is C23H28N4O4. The number of benzene rings is 1. The van der Waals surface area contributed by atoms with E-state index in [1.807, 2.05) is 31.2 Å². The summed E-state index contributed by atoms with van der Waals surface area (Å²) in [5, 5.41) is 11.2. The van der Waals surface area contributed by atoms with Crippen molar-refractivity contribution in [1.29, 1.82) is 0 Å². The lowest BCUT2D eigenvalue weighted by Crippen LogP contribution is -2.27. The fraction of sp³-hybridized carbons (Fsp3) is 0.348. The molecule has 0 spiro atoms. The number of hydrogen-bond acceptors (Lipinski definition) is 5. The Morgan fingerprint density at radius 2 is 1.90 bits per heavy atom. The van der Waals surface area contributed by atoms with E-state index in [1.165, 1.54) is 0 Å². The average Bonchev–Trinajstić information content (AvgIpc) is 2.97. The molecule has 3 N–H and O–H groups in total. The first-order valence-corrected chi connectivity index (χ1v) is 9.89. The molecule has 0 unspecified atom stereocenters. The van der Waals surface area contributed by atoms with Gasteiger partial charge in [-0.15, -0.1) is 0 Å². The standard InChI is InChI=1S/C23H26N4O3.H2O/c1-14(30-5)13-27-21-18-9-15(16-8-17(11-24-10-16)23(2,3)29)6-7-19(18)25-12-20(21)26(4)22(27)28;/h6-12,14,29H,13H2,1-5H3;1H2/t14-;/m0./s1. The van der Waals surface area contributed by atoms with Crippen LogP contribution in [0.25, 0.3) is 33.1 Å². The molecule has 4 aromatic rings. The van der Waals surface area contributed by atoms with Crippen molar-refractivity contribution in [3.05, 3.63) is 58.9 Å². The third kappa shape index (κ3) is 3.97. The zero-order valence-corrected chi connectivity index (χ0v) is 18.4. The second-order valence-corrected chi connectivity index (χ2v) is 8.24. The molecule has 0 fully saturated rings. The predicted molar refractivity (Wildman–Crippen MR) is 121 cm³/mol. The van der Waals surface area contributed by atoms with Crippen LogP contribution in [0.3, 0.4) is 0 Å². The van der Waals surface area contributed by atoms with Crippen LogP contribution in [0.1, 0.15) is 26.3 Å². The minimum atomic E-state index is -0.981.